The van der Waals surface area contributed by atoms with Crippen molar-refractivity contribution in [2.24, 2.45) is 11.8 Å². The van der Waals surface area contributed by atoms with Crippen LogP contribution in [-0.2, 0) is 31.6 Å². The van der Waals surface area contributed by atoms with Gasteiger partial charge >= 0.3 is 11.7 Å². The maximum Gasteiger partial charge on any atom is 0.333 e. The van der Waals surface area contributed by atoms with Crippen LogP contribution in [-0.4, -0.2) is 70.5 Å². The molecule has 0 bridgehead atoms. The third-order valence-corrected chi connectivity index (χ3v) is 11.8. The van der Waals surface area contributed by atoms with E-state index in [2.05, 4.69) is 4.98 Å². The predicted octanol–water partition coefficient (Wildman–Crippen LogP) is 3.44. The zero-order valence-corrected chi connectivity index (χ0v) is 27.8. The van der Waals surface area contributed by atoms with Gasteiger partial charge in [-0.2, -0.15) is 0 Å². The van der Waals surface area contributed by atoms with Crippen LogP contribution in [0.2, 0.25) is 0 Å². The summed E-state index contributed by atoms with van der Waals surface area (Å²) in [6.45, 7) is 5.18. The molecular formula is C31H36N4O9S2. The van der Waals surface area contributed by atoms with Gasteiger partial charge in [-0.3, -0.25) is 9.36 Å². The molecule has 1 N–H and O–H groups in total. The number of carboxylic acid groups (broad SMARTS) is 1. The van der Waals surface area contributed by atoms with Gasteiger partial charge in [0.2, 0.25) is 15.9 Å². The number of hydrogen-bond acceptors (Lipinski definition) is 10. The molecule has 1 aliphatic carbocycles. The molecule has 1 aliphatic heterocycles. The van der Waals surface area contributed by atoms with Gasteiger partial charge in [-0.25, -0.2) is 31.9 Å². The number of benzene rings is 1. The van der Waals surface area contributed by atoms with Crippen LogP contribution in [0.25, 0.3) is 21.0 Å². The summed E-state index contributed by atoms with van der Waals surface area (Å²) in [5.74, 6) is -0.223. The number of aryl methyl sites for hydroxylation is 1. The van der Waals surface area contributed by atoms with Crippen molar-refractivity contribution >= 4 is 37.5 Å². The Morgan fingerprint density at radius 1 is 1.20 bits per heavy atom. The highest BCUT2D eigenvalue weighted by molar-refractivity contribution is 7.88. The monoisotopic (exact) mass is 672 g/mol. The number of fused-ring (bicyclic) bond motifs is 2. The summed E-state index contributed by atoms with van der Waals surface area (Å²) in [7, 11) is -1.75. The molecule has 6 rings (SSSR count). The quantitative estimate of drug-likeness (QED) is 0.264. The minimum absolute atomic E-state index is 0.0576. The summed E-state index contributed by atoms with van der Waals surface area (Å²) in [5.41, 5.74) is -2.18. The molecule has 4 aromatic rings. The van der Waals surface area contributed by atoms with E-state index in [0.717, 1.165) is 4.57 Å². The van der Waals surface area contributed by atoms with Crippen molar-refractivity contribution in [3.05, 3.63) is 68.7 Å². The van der Waals surface area contributed by atoms with Gasteiger partial charge in [0.15, 0.2) is 0 Å². The Balaban J connectivity index is 1.48. The molecule has 15 heteroatoms. The third kappa shape index (κ3) is 5.48. The van der Waals surface area contributed by atoms with Crippen molar-refractivity contribution in [2.75, 3.05) is 26.5 Å². The van der Waals surface area contributed by atoms with Crippen molar-refractivity contribution in [2.45, 2.75) is 57.9 Å². The molecule has 0 spiro atoms. The van der Waals surface area contributed by atoms with E-state index in [1.54, 1.807) is 20.1 Å². The van der Waals surface area contributed by atoms with Crippen LogP contribution in [0, 0.1) is 18.8 Å². The molecule has 0 radical (unpaired) electrons. The number of aromatic nitrogens is 3. The number of aliphatic carboxylic acids is 1. The highest BCUT2D eigenvalue weighted by Crippen LogP contribution is 2.43. The Morgan fingerprint density at radius 3 is 2.46 bits per heavy atom. The molecule has 46 heavy (non-hydrogen) atoms. The second-order valence-electron chi connectivity index (χ2n) is 12.5. The zero-order chi connectivity index (χ0) is 33.1. The zero-order valence-electron chi connectivity index (χ0n) is 26.1. The minimum atomic E-state index is -3.29. The smallest absolute Gasteiger partial charge is 0.333 e. The molecule has 2 fully saturated rings. The van der Waals surface area contributed by atoms with Gasteiger partial charge in [0.25, 0.3) is 5.56 Å². The van der Waals surface area contributed by atoms with E-state index >= 15 is 0 Å². The molecule has 246 valence electrons. The first-order chi connectivity index (χ1) is 21.7. The number of ether oxygens (including phenoxy) is 2. The highest BCUT2D eigenvalue weighted by Gasteiger charge is 2.45. The SMILES string of the molecule is COc1ccccc1[C@@H](Cn1c(=O)n(C(C)(C)C(=O)O)c(=O)c2c(C)c(-c3ncco3)sc21)O[C@H]1C[C@@H]2CN(S(C)(=O)=O)C[C@@H]2C1. The number of carboxylic acids is 1. The average Bonchev–Trinajstić information content (AvgIpc) is 3.78. The number of nitrogens with zero attached hydrogens (tertiary/aromatic N) is 4. The van der Waals surface area contributed by atoms with Gasteiger partial charge in [0.1, 0.15) is 28.5 Å². The molecule has 4 heterocycles. The van der Waals surface area contributed by atoms with Crippen molar-refractivity contribution < 1.29 is 32.2 Å². The lowest BCUT2D eigenvalue weighted by Crippen LogP contribution is -2.52. The standard InChI is InChI=1S/C31H36N4O9S2/c1-17-24-27(36)35(31(2,3)29(37)38)30(39)34(28(24)45-25(17)26-32-10-11-43-26)16-23(21-8-6-7-9-22(21)42-4)44-20-12-18-14-33(46(5,40)41)15-19(18)13-20/h6-11,18-20,23H,12-16H2,1-5H3,(H,37,38)/t18-,19+,20+,23-/m1/s1. The Bertz CT molecular complexity index is 2010. The number of para-hydroxylation sites is 1. The van der Waals surface area contributed by atoms with Crippen LogP contribution in [0.4, 0.5) is 0 Å². The number of hydrogen-bond donors (Lipinski definition) is 1. The summed E-state index contributed by atoms with van der Waals surface area (Å²) in [5, 5.41) is 10.3. The predicted molar refractivity (Wildman–Crippen MR) is 171 cm³/mol. The van der Waals surface area contributed by atoms with Gasteiger partial charge in [0, 0.05) is 18.7 Å². The number of sulfonamides is 1. The van der Waals surface area contributed by atoms with Crippen LogP contribution in [0.1, 0.15) is 43.9 Å². The van der Waals surface area contributed by atoms with Gasteiger partial charge < -0.3 is 19.0 Å². The van der Waals surface area contributed by atoms with Gasteiger partial charge in [-0.15, -0.1) is 11.3 Å². The lowest BCUT2D eigenvalue weighted by atomic mass is 10.0. The molecule has 2 aliphatic rings. The fraction of sp³-hybridized carbons (Fsp3) is 0.484. The van der Waals surface area contributed by atoms with E-state index in [1.165, 1.54) is 52.8 Å². The molecule has 4 atom stereocenters. The Morgan fingerprint density at radius 2 is 1.87 bits per heavy atom. The van der Waals surface area contributed by atoms with Crippen LogP contribution >= 0.6 is 11.3 Å². The largest absolute Gasteiger partial charge is 0.496 e. The molecule has 0 unspecified atom stereocenters. The second-order valence-corrected chi connectivity index (χ2v) is 15.5. The fourth-order valence-electron chi connectivity index (χ4n) is 6.76. The summed E-state index contributed by atoms with van der Waals surface area (Å²) >= 11 is 1.17. The molecule has 1 aromatic carbocycles. The van der Waals surface area contributed by atoms with Crippen molar-refractivity contribution in [1.29, 1.82) is 0 Å². The van der Waals surface area contributed by atoms with Gasteiger partial charge in [-0.05, 0) is 57.1 Å². The fourth-order valence-corrected chi connectivity index (χ4v) is 8.93. The Kier molecular flexibility index (Phi) is 8.24. The second kappa shape index (κ2) is 11.8. The third-order valence-electron chi connectivity index (χ3n) is 9.26. The van der Waals surface area contributed by atoms with E-state index < -0.39 is 38.9 Å². The van der Waals surface area contributed by atoms with E-state index in [-0.39, 0.29) is 35.8 Å². The number of thiophene rings is 1. The molecule has 3 aromatic heterocycles. The van der Waals surface area contributed by atoms with Crippen LogP contribution in [0.3, 0.4) is 0 Å². The van der Waals surface area contributed by atoms with Crippen LogP contribution in [0.15, 0.2) is 50.7 Å². The van der Waals surface area contributed by atoms with Gasteiger partial charge in [0.05, 0.1) is 42.5 Å². The van der Waals surface area contributed by atoms with Gasteiger partial charge in [-0.1, -0.05) is 18.2 Å². The first-order valence-corrected chi connectivity index (χ1v) is 17.5. The topological polar surface area (TPSA) is 163 Å². The first-order valence-electron chi connectivity index (χ1n) is 14.9. The number of oxazole rings is 1. The molecule has 0 amide bonds. The van der Waals surface area contributed by atoms with E-state index in [4.69, 9.17) is 13.9 Å². The first kappa shape index (κ1) is 32.2. The Labute approximate surface area is 269 Å². The van der Waals surface area contributed by atoms with E-state index in [1.807, 2.05) is 18.2 Å². The van der Waals surface area contributed by atoms with E-state index in [9.17, 15) is 27.9 Å². The highest BCUT2D eigenvalue weighted by atomic mass is 32.2. The van der Waals surface area contributed by atoms with Crippen molar-refractivity contribution in [1.82, 2.24) is 18.4 Å². The maximum atomic E-state index is 14.3. The lowest BCUT2D eigenvalue weighted by Gasteiger charge is -2.28. The van der Waals surface area contributed by atoms with Crippen LogP contribution in [0.5, 0.6) is 5.75 Å². The van der Waals surface area contributed by atoms with Crippen LogP contribution < -0.4 is 16.0 Å². The average molecular weight is 673 g/mol. The molecular weight excluding hydrogens is 636 g/mol. The number of rotatable bonds is 10. The number of methoxy groups -OCH3 is 1. The maximum absolute atomic E-state index is 14.3. The summed E-state index contributed by atoms with van der Waals surface area (Å²) in [6, 6.07) is 7.30. The summed E-state index contributed by atoms with van der Waals surface area (Å²) in [4.78, 5) is 45.7. The molecule has 13 nitrogen and oxygen atoms in total. The van der Waals surface area contributed by atoms with Crippen molar-refractivity contribution in [3.8, 4) is 16.5 Å². The molecule has 1 saturated heterocycles. The summed E-state index contributed by atoms with van der Waals surface area (Å²) in [6.07, 6.45) is 4.44. The summed E-state index contributed by atoms with van der Waals surface area (Å²) < 4.78 is 46.0. The lowest BCUT2D eigenvalue weighted by molar-refractivity contribution is -0.146. The van der Waals surface area contributed by atoms with E-state index in [0.29, 0.717) is 52.5 Å². The Hall–Kier alpha value is -3.79. The minimum Gasteiger partial charge on any atom is -0.496 e. The number of carbonyl (C=O) groups is 1. The normalized spacial score (nSPS) is 21.1. The molecule has 1 saturated carbocycles. The van der Waals surface area contributed by atoms with Crippen molar-refractivity contribution in [3.63, 3.8) is 0 Å².